The van der Waals surface area contributed by atoms with E-state index in [0.29, 0.717) is 22.6 Å². The van der Waals surface area contributed by atoms with Gasteiger partial charge in [0.25, 0.3) is 0 Å². The van der Waals surface area contributed by atoms with Gasteiger partial charge in [0.05, 0.1) is 11.8 Å². The summed E-state index contributed by atoms with van der Waals surface area (Å²) in [6.07, 6.45) is 3.81. The summed E-state index contributed by atoms with van der Waals surface area (Å²) in [6.45, 7) is 1.95. The lowest BCUT2D eigenvalue weighted by atomic mass is 10.2. The Morgan fingerprint density at radius 3 is 2.40 bits per heavy atom. The molecule has 0 saturated carbocycles. The molecule has 2 aromatic heterocycles. The lowest BCUT2D eigenvalue weighted by Gasteiger charge is -2.04. The minimum atomic E-state index is 0.397. The van der Waals surface area contributed by atoms with Crippen LogP contribution in [0.4, 0.5) is 0 Å². The Morgan fingerprint density at radius 2 is 1.93 bits per heavy atom. The lowest BCUT2D eigenvalue weighted by molar-refractivity contribution is 0.568. The van der Waals surface area contributed by atoms with Gasteiger partial charge < -0.3 is 4.42 Å². The second kappa shape index (κ2) is 4.21. The maximum absolute atomic E-state index is 5.99. The second-order valence-corrected chi connectivity index (χ2v) is 3.69. The Hall–Kier alpha value is -1.06. The first-order valence-electron chi connectivity index (χ1n) is 4.47. The van der Waals surface area contributed by atoms with E-state index in [4.69, 9.17) is 27.6 Å². The van der Waals surface area contributed by atoms with E-state index in [-0.39, 0.29) is 0 Å². The average Bonchev–Trinajstić information content (AvgIpc) is 2.69. The van der Waals surface area contributed by atoms with Gasteiger partial charge in [-0.05, 0) is 12.5 Å². The summed E-state index contributed by atoms with van der Waals surface area (Å²) in [7, 11) is 0. The van der Waals surface area contributed by atoms with Gasteiger partial charge in [-0.2, -0.15) is 0 Å². The molecule has 2 heterocycles. The van der Waals surface area contributed by atoms with Crippen molar-refractivity contribution in [3.8, 4) is 11.4 Å². The van der Waals surface area contributed by atoms with Gasteiger partial charge in [-0.3, -0.25) is 0 Å². The van der Waals surface area contributed by atoms with Crippen LogP contribution in [0.1, 0.15) is 12.5 Å². The van der Waals surface area contributed by atoms with E-state index in [0.717, 1.165) is 11.1 Å². The van der Waals surface area contributed by atoms with Crippen molar-refractivity contribution < 1.29 is 4.42 Å². The summed E-state index contributed by atoms with van der Waals surface area (Å²) in [5.41, 5.74) is 1.53. The fraction of sp³-hybridized carbons (Fsp3) is 0.200. The molecule has 0 spiro atoms. The van der Waals surface area contributed by atoms with Gasteiger partial charge in [0.2, 0.25) is 0 Å². The second-order valence-electron chi connectivity index (χ2n) is 2.97. The van der Waals surface area contributed by atoms with Gasteiger partial charge in [0.15, 0.2) is 5.82 Å². The monoisotopic (exact) mass is 242 g/mol. The molecule has 15 heavy (non-hydrogen) atoms. The van der Waals surface area contributed by atoms with Gasteiger partial charge in [0.1, 0.15) is 16.6 Å². The maximum Gasteiger partial charge on any atom is 0.165 e. The smallest absolute Gasteiger partial charge is 0.165 e. The van der Waals surface area contributed by atoms with Crippen LogP contribution in [0, 0.1) is 0 Å². The summed E-state index contributed by atoms with van der Waals surface area (Å²) in [5, 5.41) is 0.794. The standard InChI is InChI=1S/C10H8Cl2N2O/c1-2-7-8(11)13-10(14-9(7)12)6-3-4-15-5-6/h3-5H,2H2,1H3. The van der Waals surface area contributed by atoms with Crippen molar-refractivity contribution >= 4 is 23.2 Å². The molecule has 0 amide bonds. The molecule has 0 unspecified atom stereocenters. The van der Waals surface area contributed by atoms with Crippen molar-refractivity contribution in [2.45, 2.75) is 13.3 Å². The molecular weight excluding hydrogens is 235 g/mol. The largest absolute Gasteiger partial charge is 0.472 e. The minimum absolute atomic E-state index is 0.397. The molecule has 78 valence electrons. The quantitative estimate of drug-likeness (QED) is 0.756. The predicted molar refractivity (Wildman–Crippen MR) is 59.1 cm³/mol. The first-order valence-corrected chi connectivity index (χ1v) is 5.22. The zero-order chi connectivity index (χ0) is 10.8. The van der Waals surface area contributed by atoms with Gasteiger partial charge in [0, 0.05) is 5.56 Å². The van der Waals surface area contributed by atoms with E-state index in [1.54, 1.807) is 18.6 Å². The van der Waals surface area contributed by atoms with Gasteiger partial charge in [-0.1, -0.05) is 30.1 Å². The summed E-state index contributed by atoms with van der Waals surface area (Å²) < 4.78 is 4.94. The third-order valence-electron chi connectivity index (χ3n) is 2.04. The van der Waals surface area contributed by atoms with Crippen LogP contribution in [-0.4, -0.2) is 9.97 Å². The van der Waals surface area contributed by atoms with E-state index < -0.39 is 0 Å². The van der Waals surface area contributed by atoms with Crippen LogP contribution in [0.2, 0.25) is 10.3 Å². The van der Waals surface area contributed by atoms with Gasteiger partial charge >= 0.3 is 0 Å². The molecule has 0 aliphatic heterocycles. The molecule has 0 bridgehead atoms. The molecule has 0 saturated heterocycles. The molecule has 0 fully saturated rings. The van der Waals surface area contributed by atoms with E-state index >= 15 is 0 Å². The highest BCUT2D eigenvalue weighted by molar-refractivity contribution is 6.34. The number of hydrogen-bond acceptors (Lipinski definition) is 3. The zero-order valence-corrected chi connectivity index (χ0v) is 9.51. The number of rotatable bonds is 2. The van der Waals surface area contributed by atoms with Crippen LogP contribution < -0.4 is 0 Å². The third-order valence-corrected chi connectivity index (χ3v) is 2.66. The summed E-state index contributed by atoms with van der Waals surface area (Å²) in [4.78, 5) is 8.31. The molecule has 0 aliphatic carbocycles. The molecule has 2 rings (SSSR count). The maximum atomic E-state index is 5.99. The fourth-order valence-electron chi connectivity index (χ4n) is 1.24. The third kappa shape index (κ3) is 1.98. The lowest BCUT2D eigenvalue weighted by Crippen LogP contribution is -1.95. The van der Waals surface area contributed by atoms with Crippen molar-refractivity contribution in [3.63, 3.8) is 0 Å². The highest BCUT2D eigenvalue weighted by Crippen LogP contribution is 2.25. The first kappa shape index (κ1) is 10.5. The molecule has 0 aliphatic rings. The molecule has 2 aromatic rings. The summed E-state index contributed by atoms with van der Waals surface area (Å²) in [5.74, 6) is 0.482. The first-order chi connectivity index (χ1) is 7.22. The van der Waals surface area contributed by atoms with Crippen LogP contribution >= 0.6 is 23.2 Å². The van der Waals surface area contributed by atoms with Crippen molar-refractivity contribution in [1.82, 2.24) is 9.97 Å². The molecule has 0 atom stereocenters. The molecule has 5 heteroatoms. The number of furan rings is 1. The van der Waals surface area contributed by atoms with Crippen molar-refractivity contribution in [2.24, 2.45) is 0 Å². The predicted octanol–water partition coefficient (Wildman–Crippen LogP) is 3.61. The minimum Gasteiger partial charge on any atom is -0.472 e. The van der Waals surface area contributed by atoms with Crippen LogP contribution in [-0.2, 0) is 6.42 Å². The average molecular weight is 243 g/mol. The van der Waals surface area contributed by atoms with Gasteiger partial charge in [-0.15, -0.1) is 0 Å². The Balaban J connectivity index is 2.53. The number of hydrogen-bond donors (Lipinski definition) is 0. The SMILES string of the molecule is CCc1c(Cl)nc(-c2ccoc2)nc1Cl. The summed E-state index contributed by atoms with van der Waals surface area (Å²) >= 11 is 12.0. The Kier molecular flexibility index (Phi) is 2.93. The zero-order valence-electron chi connectivity index (χ0n) is 8.00. The highest BCUT2D eigenvalue weighted by atomic mass is 35.5. The van der Waals surface area contributed by atoms with E-state index in [9.17, 15) is 0 Å². The number of halogens is 2. The molecule has 0 radical (unpaired) electrons. The normalized spacial score (nSPS) is 10.6. The molecular formula is C10H8Cl2N2O. The van der Waals surface area contributed by atoms with Crippen molar-refractivity contribution in [1.29, 1.82) is 0 Å². The van der Waals surface area contributed by atoms with Crippen molar-refractivity contribution in [3.05, 3.63) is 34.5 Å². The van der Waals surface area contributed by atoms with Crippen molar-refractivity contribution in [2.75, 3.05) is 0 Å². The van der Waals surface area contributed by atoms with Crippen LogP contribution in [0.15, 0.2) is 23.0 Å². The number of aromatic nitrogens is 2. The Morgan fingerprint density at radius 1 is 1.27 bits per heavy atom. The highest BCUT2D eigenvalue weighted by Gasteiger charge is 2.11. The van der Waals surface area contributed by atoms with Crippen LogP contribution in [0.25, 0.3) is 11.4 Å². The topological polar surface area (TPSA) is 38.9 Å². The fourth-order valence-corrected chi connectivity index (χ4v) is 1.90. The molecule has 0 aromatic carbocycles. The van der Waals surface area contributed by atoms with Crippen LogP contribution in [0.3, 0.4) is 0 Å². The van der Waals surface area contributed by atoms with E-state index in [1.807, 2.05) is 6.92 Å². The van der Waals surface area contributed by atoms with E-state index in [2.05, 4.69) is 9.97 Å². The van der Waals surface area contributed by atoms with E-state index in [1.165, 1.54) is 0 Å². The molecule has 3 nitrogen and oxygen atoms in total. The Labute approximate surface area is 97.1 Å². The van der Waals surface area contributed by atoms with Crippen LogP contribution in [0.5, 0.6) is 0 Å². The van der Waals surface area contributed by atoms with Gasteiger partial charge in [-0.25, -0.2) is 9.97 Å². The Bertz CT molecular complexity index is 445. The molecule has 0 N–H and O–H groups in total. The number of nitrogens with zero attached hydrogens (tertiary/aromatic N) is 2. The summed E-state index contributed by atoms with van der Waals surface area (Å²) in [6, 6.07) is 1.76.